The van der Waals surface area contributed by atoms with Gasteiger partial charge in [-0.15, -0.1) is 0 Å². The molecule has 0 bridgehead atoms. The highest BCUT2D eigenvalue weighted by Crippen LogP contribution is 2.28. The Labute approximate surface area is 112 Å². The highest BCUT2D eigenvalue weighted by molar-refractivity contribution is 5.84. The maximum Gasteiger partial charge on any atom is 0.356 e. The Bertz CT molecular complexity index is 445. The minimum atomic E-state index is -1.06. The average molecular weight is 265 g/mol. The van der Waals surface area contributed by atoms with Crippen molar-refractivity contribution in [1.29, 1.82) is 0 Å². The van der Waals surface area contributed by atoms with E-state index in [1.807, 2.05) is 0 Å². The Morgan fingerprint density at radius 2 is 2.32 bits per heavy atom. The van der Waals surface area contributed by atoms with Crippen molar-refractivity contribution in [3.05, 3.63) is 18.1 Å². The number of hydrogen-bond acceptors (Lipinski definition) is 5. The van der Waals surface area contributed by atoms with Crippen molar-refractivity contribution in [2.24, 2.45) is 5.92 Å². The van der Waals surface area contributed by atoms with Gasteiger partial charge in [-0.1, -0.05) is 0 Å². The van der Waals surface area contributed by atoms with Crippen LogP contribution in [-0.2, 0) is 4.74 Å². The molecular weight excluding hydrogens is 246 g/mol. The van der Waals surface area contributed by atoms with Gasteiger partial charge in [-0.25, -0.2) is 14.8 Å². The first-order valence-electron chi connectivity index (χ1n) is 6.39. The standard InChI is InChI=1S/C13H19N3O3/c1-13(2)5-9(3-4-19-13)6-15-11-8-14-10(7-16-11)12(17)18/h7-9H,3-6H2,1-2H3,(H,15,16)(H,17,18). The molecule has 104 valence electrons. The zero-order chi connectivity index (χ0) is 13.9. The summed E-state index contributed by atoms with van der Waals surface area (Å²) < 4.78 is 5.67. The van der Waals surface area contributed by atoms with Gasteiger partial charge in [0, 0.05) is 13.2 Å². The molecule has 1 unspecified atom stereocenters. The molecule has 1 fully saturated rings. The van der Waals surface area contributed by atoms with E-state index in [9.17, 15) is 4.79 Å². The fraction of sp³-hybridized carbons (Fsp3) is 0.615. The van der Waals surface area contributed by atoms with Crippen LogP contribution in [-0.4, -0.2) is 39.8 Å². The van der Waals surface area contributed by atoms with Gasteiger partial charge in [0.2, 0.25) is 0 Å². The van der Waals surface area contributed by atoms with Gasteiger partial charge < -0.3 is 15.2 Å². The lowest BCUT2D eigenvalue weighted by atomic mass is 9.88. The van der Waals surface area contributed by atoms with E-state index >= 15 is 0 Å². The van der Waals surface area contributed by atoms with Crippen molar-refractivity contribution >= 4 is 11.8 Å². The van der Waals surface area contributed by atoms with Gasteiger partial charge in [0.05, 0.1) is 18.0 Å². The van der Waals surface area contributed by atoms with Crippen LogP contribution in [0.1, 0.15) is 37.2 Å². The lowest BCUT2D eigenvalue weighted by Crippen LogP contribution is -2.36. The van der Waals surface area contributed by atoms with E-state index in [4.69, 9.17) is 9.84 Å². The molecule has 1 saturated heterocycles. The normalized spacial score (nSPS) is 21.9. The first-order chi connectivity index (χ1) is 8.96. The SMILES string of the molecule is CC1(C)CC(CNc2cnc(C(=O)O)cn2)CCO1. The number of hydrogen-bond donors (Lipinski definition) is 2. The molecule has 0 aliphatic carbocycles. The Kier molecular flexibility index (Phi) is 3.99. The first-order valence-corrected chi connectivity index (χ1v) is 6.39. The molecule has 2 N–H and O–H groups in total. The molecular formula is C13H19N3O3. The summed E-state index contributed by atoms with van der Waals surface area (Å²) in [6, 6.07) is 0. The van der Waals surface area contributed by atoms with E-state index in [0.29, 0.717) is 11.7 Å². The van der Waals surface area contributed by atoms with Crippen LogP contribution in [0.4, 0.5) is 5.82 Å². The molecule has 1 aliphatic heterocycles. The van der Waals surface area contributed by atoms with Crippen LogP contribution in [0.15, 0.2) is 12.4 Å². The smallest absolute Gasteiger partial charge is 0.356 e. The molecule has 1 aromatic rings. The molecule has 0 saturated carbocycles. The summed E-state index contributed by atoms with van der Waals surface area (Å²) in [5.41, 5.74) is -0.110. The van der Waals surface area contributed by atoms with Crippen LogP contribution in [0, 0.1) is 5.92 Å². The molecule has 1 atom stereocenters. The van der Waals surface area contributed by atoms with Gasteiger partial charge in [0.25, 0.3) is 0 Å². The Morgan fingerprint density at radius 3 is 2.89 bits per heavy atom. The number of nitrogens with zero attached hydrogens (tertiary/aromatic N) is 2. The van der Waals surface area contributed by atoms with Crippen molar-refractivity contribution in [3.8, 4) is 0 Å². The van der Waals surface area contributed by atoms with Crippen molar-refractivity contribution in [2.75, 3.05) is 18.5 Å². The third-order valence-electron chi connectivity index (χ3n) is 3.24. The van der Waals surface area contributed by atoms with Crippen molar-refractivity contribution in [1.82, 2.24) is 9.97 Å². The highest BCUT2D eigenvalue weighted by Gasteiger charge is 2.28. The molecule has 2 rings (SSSR count). The second-order valence-electron chi connectivity index (χ2n) is 5.44. The third-order valence-corrected chi connectivity index (χ3v) is 3.24. The Balaban J connectivity index is 1.86. The maximum absolute atomic E-state index is 10.7. The maximum atomic E-state index is 10.7. The molecule has 1 aliphatic rings. The van der Waals surface area contributed by atoms with Crippen LogP contribution in [0.2, 0.25) is 0 Å². The van der Waals surface area contributed by atoms with E-state index < -0.39 is 5.97 Å². The largest absolute Gasteiger partial charge is 0.476 e. The number of ether oxygens (including phenoxy) is 1. The molecule has 0 aromatic carbocycles. The average Bonchev–Trinajstić information content (AvgIpc) is 2.36. The molecule has 0 radical (unpaired) electrons. The number of carbonyl (C=O) groups is 1. The quantitative estimate of drug-likeness (QED) is 0.863. The lowest BCUT2D eigenvalue weighted by Gasteiger charge is -2.35. The van der Waals surface area contributed by atoms with Gasteiger partial charge >= 0.3 is 5.97 Å². The summed E-state index contributed by atoms with van der Waals surface area (Å²) in [6.07, 6.45) is 4.74. The second-order valence-corrected chi connectivity index (χ2v) is 5.44. The third kappa shape index (κ3) is 3.89. The molecule has 0 amide bonds. The lowest BCUT2D eigenvalue weighted by molar-refractivity contribution is -0.0699. The topological polar surface area (TPSA) is 84.3 Å². The van der Waals surface area contributed by atoms with Crippen molar-refractivity contribution < 1.29 is 14.6 Å². The highest BCUT2D eigenvalue weighted by atomic mass is 16.5. The minimum absolute atomic E-state index is 0.0438. The second kappa shape index (κ2) is 5.52. The number of aromatic carboxylic acids is 1. The minimum Gasteiger partial charge on any atom is -0.476 e. The predicted molar refractivity (Wildman–Crippen MR) is 70.2 cm³/mol. The number of carboxylic acids is 1. The summed E-state index contributed by atoms with van der Waals surface area (Å²) in [5.74, 6) is 0.0734. The molecule has 19 heavy (non-hydrogen) atoms. The zero-order valence-electron chi connectivity index (χ0n) is 11.2. The summed E-state index contributed by atoms with van der Waals surface area (Å²) >= 11 is 0. The zero-order valence-corrected chi connectivity index (χ0v) is 11.2. The van der Waals surface area contributed by atoms with Crippen molar-refractivity contribution in [2.45, 2.75) is 32.3 Å². The Hall–Kier alpha value is -1.69. The fourth-order valence-corrected chi connectivity index (χ4v) is 2.31. The molecule has 6 nitrogen and oxygen atoms in total. The summed E-state index contributed by atoms with van der Waals surface area (Å²) in [5, 5.41) is 11.9. The van der Waals surface area contributed by atoms with E-state index in [1.54, 1.807) is 0 Å². The monoisotopic (exact) mass is 265 g/mol. The Morgan fingerprint density at radius 1 is 1.53 bits per heavy atom. The van der Waals surface area contributed by atoms with Gasteiger partial charge in [0.1, 0.15) is 5.82 Å². The van der Waals surface area contributed by atoms with Gasteiger partial charge in [-0.05, 0) is 32.6 Å². The van der Waals surface area contributed by atoms with Crippen LogP contribution < -0.4 is 5.32 Å². The van der Waals surface area contributed by atoms with Crippen LogP contribution in [0.5, 0.6) is 0 Å². The summed E-state index contributed by atoms with van der Waals surface area (Å²) in [7, 11) is 0. The molecule has 6 heteroatoms. The molecule has 0 spiro atoms. The number of rotatable bonds is 4. The van der Waals surface area contributed by atoms with E-state index in [1.165, 1.54) is 12.4 Å². The number of carboxylic acid groups (broad SMARTS) is 1. The van der Waals surface area contributed by atoms with Gasteiger partial charge in [0.15, 0.2) is 5.69 Å². The van der Waals surface area contributed by atoms with Crippen LogP contribution in [0.25, 0.3) is 0 Å². The number of anilines is 1. The first kappa shape index (κ1) is 13.7. The molecule has 2 heterocycles. The van der Waals surface area contributed by atoms with Crippen LogP contribution in [0.3, 0.4) is 0 Å². The van der Waals surface area contributed by atoms with Gasteiger partial charge in [-0.2, -0.15) is 0 Å². The predicted octanol–water partition coefficient (Wildman–Crippen LogP) is 1.79. The summed E-state index contributed by atoms with van der Waals surface area (Å²) in [6.45, 7) is 5.78. The van der Waals surface area contributed by atoms with E-state index in [2.05, 4.69) is 29.1 Å². The van der Waals surface area contributed by atoms with Gasteiger partial charge in [-0.3, -0.25) is 0 Å². The molecule has 1 aromatic heterocycles. The van der Waals surface area contributed by atoms with Crippen molar-refractivity contribution in [3.63, 3.8) is 0 Å². The summed E-state index contributed by atoms with van der Waals surface area (Å²) in [4.78, 5) is 18.5. The number of aromatic nitrogens is 2. The van der Waals surface area contributed by atoms with Crippen LogP contribution >= 0.6 is 0 Å². The fourth-order valence-electron chi connectivity index (χ4n) is 2.31. The van der Waals surface area contributed by atoms with E-state index in [-0.39, 0.29) is 11.3 Å². The van der Waals surface area contributed by atoms with E-state index in [0.717, 1.165) is 26.0 Å². The number of nitrogens with one attached hydrogen (secondary N) is 1.